The Hall–Kier alpha value is 0.441. The Labute approximate surface area is 122 Å². The fourth-order valence-corrected chi connectivity index (χ4v) is 0.808. The molecule has 0 aliphatic rings. The second-order valence-corrected chi connectivity index (χ2v) is 2.20. The summed E-state index contributed by atoms with van der Waals surface area (Å²) in [6, 6.07) is 0. The van der Waals surface area contributed by atoms with Gasteiger partial charge in [-0.2, -0.15) is 8.78 Å². The number of methoxy groups -OCH3 is 1. The first-order valence-corrected chi connectivity index (χ1v) is 3.16. The quantitative estimate of drug-likeness (QED) is 0.309. The van der Waals surface area contributed by atoms with Gasteiger partial charge in [-0.25, -0.2) is 14.2 Å². The van der Waals surface area contributed by atoms with E-state index < -0.39 is 34.5 Å². The molecule has 0 fully saturated rings. The van der Waals surface area contributed by atoms with Crippen molar-refractivity contribution in [2.24, 2.45) is 0 Å². The molecule has 0 aliphatic heterocycles. The summed E-state index contributed by atoms with van der Waals surface area (Å²) >= 11 is 0. The van der Waals surface area contributed by atoms with E-state index in [2.05, 4.69) is 4.74 Å². The fourth-order valence-electron chi connectivity index (χ4n) is 0.808. The predicted octanol–water partition coefficient (Wildman–Crippen LogP) is -1.95. The van der Waals surface area contributed by atoms with Crippen LogP contribution in [0.1, 0.15) is 0 Å². The molecule has 7 heteroatoms. The van der Waals surface area contributed by atoms with E-state index in [1.54, 1.807) is 0 Å². The van der Waals surface area contributed by atoms with Crippen molar-refractivity contribution in [3.63, 3.8) is 0 Å². The van der Waals surface area contributed by atoms with Gasteiger partial charge in [-0.3, -0.25) is 0 Å². The van der Waals surface area contributed by atoms with Crippen molar-refractivity contribution >= 4 is 13.3 Å². The molecule has 1 aromatic carbocycles. The molecule has 14 heavy (non-hydrogen) atoms. The third-order valence-electron chi connectivity index (χ3n) is 1.46. The van der Waals surface area contributed by atoms with Crippen LogP contribution in [0.25, 0.3) is 0 Å². The van der Waals surface area contributed by atoms with Crippen LogP contribution < -0.4 is 61.6 Å². The standard InChI is InChI=1S/C7H3BF4O.K/c1-13-7-5(11)3(9)2(8)4(10)6(7)12;/h1H3;/q-1;+1. The summed E-state index contributed by atoms with van der Waals surface area (Å²) in [7, 11) is 5.61. The van der Waals surface area contributed by atoms with Gasteiger partial charge in [0, 0.05) is 0 Å². The van der Waals surface area contributed by atoms with Gasteiger partial charge in [-0.15, -0.1) is 0 Å². The van der Waals surface area contributed by atoms with Crippen LogP contribution in [-0.2, 0) is 0 Å². The maximum atomic E-state index is 12.7. The minimum absolute atomic E-state index is 0. The monoisotopic (exact) mass is 229 g/mol. The van der Waals surface area contributed by atoms with Crippen LogP contribution in [0.5, 0.6) is 5.75 Å². The minimum Gasteiger partial charge on any atom is -0.572 e. The molecule has 0 aliphatic carbocycles. The third kappa shape index (κ3) is 2.33. The molecule has 0 amide bonds. The molecule has 0 unspecified atom stereocenters. The first kappa shape index (κ1) is 14.4. The Bertz CT molecular complexity index is 329. The van der Waals surface area contributed by atoms with Crippen LogP contribution in [-0.4, -0.2) is 15.0 Å². The van der Waals surface area contributed by atoms with Crippen LogP contribution in [0.2, 0.25) is 0 Å². The van der Waals surface area contributed by atoms with E-state index in [1.807, 2.05) is 0 Å². The van der Waals surface area contributed by atoms with Crippen molar-refractivity contribution in [2.75, 3.05) is 7.11 Å². The number of ether oxygens (including phenoxy) is 1. The van der Waals surface area contributed by atoms with Gasteiger partial charge in [0.15, 0.2) is 17.4 Å². The van der Waals surface area contributed by atoms with E-state index in [9.17, 15) is 17.6 Å². The molecule has 0 spiro atoms. The molecule has 69 valence electrons. The summed E-state index contributed by atoms with van der Waals surface area (Å²) in [5.41, 5.74) is -1.20. The van der Waals surface area contributed by atoms with Gasteiger partial charge in [0.25, 0.3) is 0 Å². The average molecular weight is 229 g/mol. The van der Waals surface area contributed by atoms with Gasteiger partial charge in [0.1, 0.15) is 11.6 Å². The molecule has 0 aromatic heterocycles. The second-order valence-electron chi connectivity index (χ2n) is 2.20. The summed E-state index contributed by atoms with van der Waals surface area (Å²) in [5, 5.41) is 0. The van der Waals surface area contributed by atoms with E-state index in [-0.39, 0.29) is 51.4 Å². The van der Waals surface area contributed by atoms with Crippen LogP contribution in [0.4, 0.5) is 17.6 Å². The van der Waals surface area contributed by atoms with Crippen molar-refractivity contribution in [1.82, 2.24) is 0 Å². The predicted molar refractivity (Wildman–Crippen MR) is 38.2 cm³/mol. The Morgan fingerprint density at radius 2 is 1.29 bits per heavy atom. The summed E-state index contributed by atoms with van der Waals surface area (Å²) in [5.74, 6) is -7.71. The smallest absolute Gasteiger partial charge is 0.572 e. The van der Waals surface area contributed by atoms with E-state index >= 15 is 0 Å². The molecule has 3 radical (unpaired) electrons. The van der Waals surface area contributed by atoms with Crippen LogP contribution in [0.15, 0.2) is 0 Å². The molecule has 0 saturated heterocycles. The van der Waals surface area contributed by atoms with Gasteiger partial charge < -0.3 is 12.6 Å². The fraction of sp³-hybridized carbons (Fsp3) is 0.143. The molecule has 0 bridgehead atoms. The molecule has 1 aromatic rings. The molecule has 0 N–H and O–H groups in total. The normalized spacial score (nSPS) is 9.57. The molecule has 0 saturated carbocycles. The number of rotatable bonds is 1. The summed E-state index contributed by atoms with van der Waals surface area (Å²) in [6.07, 6.45) is 0. The Kier molecular flexibility index (Phi) is 5.68. The van der Waals surface area contributed by atoms with E-state index in [0.717, 1.165) is 7.11 Å². The molecular weight excluding hydrogens is 226 g/mol. The van der Waals surface area contributed by atoms with Crippen molar-refractivity contribution < 1.29 is 73.7 Å². The van der Waals surface area contributed by atoms with Crippen molar-refractivity contribution in [1.29, 1.82) is 0 Å². The molecule has 0 heterocycles. The zero-order valence-electron chi connectivity index (χ0n) is 7.50. The first-order valence-electron chi connectivity index (χ1n) is 3.16. The largest absolute Gasteiger partial charge is 1.00 e. The molecule has 0 atom stereocenters. The van der Waals surface area contributed by atoms with Gasteiger partial charge in [-0.1, -0.05) is 0 Å². The minimum atomic E-state index is -1.66. The summed E-state index contributed by atoms with van der Waals surface area (Å²) in [4.78, 5) is 0. The Morgan fingerprint density at radius 3 is 1.57 bits per heavy atom. The third-order valence-corrected chi connectivity index (χ3v) is 1.46. The molecule has 1 rings (SSSR count). The average Bonchev–Trinajstić information content (AvgIpc) is 2.13. The van der Waals surface area contributed by atoms with Crippen molar-refractivity contribution in [2.45, 2.75) is 0 Å². The SMILES string of the molecule is [B-]c1c(F)c(F)c(OC)c(F)c1F.[K+]. The van der Waals surface area contributed by atoms with Gasteiger partial charge in [0.2, 0.25) is 0 Å². The van der Waals surface area contributed by atoms with Crippen LogP contribution in [0, 0.1) is 23.3 Å². The van der Waals surface area contributed by atoms with Crippen molar-refractivity contribution in [3.05, 3.63) is 23.3 Å². The van der Waals surface area contributed by atoms with E-state index in [1.165, 1.54) is 0 Å². The number of hydrogen-bond donors (Lipinski definition) is 0. The number of benzene rings is 1. The maximum absolute atomic E-state index is 12.7. The van der Waals surface area contributed by atoms with E-state index in [0.29, 0.717) is 0 Å². The summed E-state index contributed by atoms with van der Waals surface area (Å²) < 4.78 is 54.8. The number of hydrogen-bond acceptors (Lipinski definition) is 1. The first-order chi connectivity index (χ1) is 6.00. The van der Waals surface area contributed by atoms with Gasteiger partial charge in [0.05, 0.1) is 7.11 Å². The second kappa shape index (κ2) is 5.50. The zero-order chi connectivity index (χ0) is 10.2. The molecular formula is C7H3BF4KO. The van der Waals surface area contributed by atoms with Crippen molar-refractivity contribution in [3.8, 4) is 5.75 Å². The van der Waals surface area contributed by atoms with Crippen LogP contribution >= 0.6 is 0 Å². The zero-order valence-corrected chi connectivity index (χ0v) is 10.6. The Balaban J connectivity index is 0.00000169. The van der Waals surface area contributed by atoms with Crippen LogP contribution in [0.3, 0.4) is 0 Å². The maximum Gasteiger partial charge on any atom is 1.00 e. The molecule has 1 nitrogen and oxygen atoms in total. The van der Waals surface area contributed by atoms with Gasteiger partial charge >= 0.3 is 51.4 Å². The number of halogens is 4. The van der Waals surface area contributed by atoms with Gasteiger partial charge in [-0.05, 0) is 0 Å². The topological polar surface area (TPSA) is 9.23 Å². The van der Waals surface area contributed by atoms with E-state index in [4.69, 9.17) is 7.85 Å². The summed E-state index contributed by atoms with van der Waals surface area (Å²) in [6.45, 7) is 0. The Morgan fingerprint density at radius 1 is 0.929 bits per heavy atom.